The second-order valence-electron chi connectivity index (χ2n) is 3.43. The summed E-state index contributed by atoms with van der Waals surface area (Å²) >= 11 is 6.01. The predicted octanol–water partition coefficient (Wildman–Crippen LogP) is 2.21. The Morgan fingerprint density at radius 3 is 2.81 bits per heavy atom. The predicted molar refractivity (Wildman–Crippen MR) is 61.8 cm³/mol. The van der Waals surface area contributed by atoms with Crippen LogP contribution in [-0.4, -0.2) is 18.2 Å². The van der Waals surface area contributed by atoms with Crippen LogP contribution in [0.15, 0.2) is 18.2 Å². The molecular formula is C11H14ClNO3. The molecule has 0 aliphatic carbocycles. The minimum atomic E-state index is -0.861. The molecule has 0 bridgehead atoms. The van der Waals surface area contributed by atoms with Gasteiger partial charge >= 0.3 is 5.97 Å². The van der Waals surface area contributed by atoms with Crippen molar-refractivity contribution in [2.75, 3.05) is 7.11 Å². The van der Waals surface area contributed by atoms with Crippen LogP contribution in [0.25, 0.3) is 0 Å². The summed E-state index contributed by atoms with van der Waals surface area (Å²) in [7, 11) is 1.55. The van der Waals surface area contributed by atoms with Gasteiger partial charge in [-0.05, 0) is 24.1 Å². The van der Waals surface area contributed by atoms with Crippen molar-refractivity contribution < 1.29 is 14.6 Å². The van der Waals surface area contributed by atoms with Gasteiger partial charge in [0.05, 0.1) is 7.11 Å². The molecule has 0 fully saturated rings. The highest BCUT2D eigenvalue weighted by atomic mass is 35.5. The Labute approximate surface area is 99.0 Å². The third kappa shape index (κ3) is 3.40. The van der Waals surface area contributed by atoms with Crippen molar-refractivity contribution in [1.82, 2.24) is 0 Å². The Kier molecular flexibility index (Phi) is 4.58. The number of aliphatic carboxylic acids is 1. The largest absolute Gasteiger partial charge is 0.497 e. The molecule has 16 heavy (non-hydrogen) atoms. The summed E-state index contributed by atoms with van der Waals surface area (Å²) in [5.41, 5.74) is 6.59. The van der Waals surface area contributed by atoms with E-state index in [4.69, 9.17) is 27.2 Å². The van der Waals surface area contributed by atoms with Crippen LogP contribution in [0.3, 0.4) is 0 Å². The van der Waals surface area contributed by atoms with Crippen LogP contribution in [0.2, 0.25) is 5.02 Å². The van der Waals surface area contributed by atoms with Crippen molar-refractivity contribution in [1.29, 1.82) is 0 Å². The number of methoxy groups -OCH3 is 1. The van der Waals surface area contributed by atoms with Crippen molar-refractivity contribution in [3.05, 3.63) is 28.8 Å². The number of ether oxygens (including phenoxy) is 1. The number of nitrogens with two attached hydrogens (primary N) is 1. The van der Waals surface area contributed by atoms with Crippen molar-refractivity contribution >= 4 is 17.6 Å². The van der Waals surface area contributed by atoms with Gasteiger partial charge in [-0.15, -0.1) is 0 Å². The highest BCUT2D eigenvalue weighted by Gasteiger charge is 2.12. The van der Waals surface area contributed by atoms with Crippen molar-refractivity contribution in [3.63, 3.8) is 0 Å². The molecule has 0 aliphatic heterocycles. The molecule has 1 rings (SSSR count). The first-order valence-electron chi connectivity index (χ1n) is 4.85. The standard InChI is InChI=1S/C11H14ClNO3/c1-16-7-2-3-8(9(12)6-7)10(13)4-5-11(14)15/h2-3,6,10H,4-5,13H2,1H3,(H,14,15). The monoisotopic (exact) mass is 243 g/mol. The Hall–Kier alpha value is -1.26. The number of rotatable bonds is 5. The summed E-state index contributed by atoms with van der Waals surface area (Å²) in [5, 5.41) is 9.05. The highest BCUT2D eigenvalue weighted by molar-refractivity contribution is 6.31. The molecular weight excluding hydrogens is 230 g/mol. The SMILES string of the molecule is COc1ccc(C(N)CCC(=O)O)c(Cl)c1. The number of carboxylic acid groups (broad SMARTS) is 1. The lowest BCUT2D eigenvalue weighted by Crippen LogP contribution is -2.12. The normalized spacial score (nSPS) is 12.2. The third-order valence-electron chi connectivity index (χ3n) is 2.28. The average molecular weight is 244 g/mol. The summed E-state index contributed by atoms with van der Waals surface area (Å²) in [4.78, 5) is 10.4. The fourth-order valence-corrected chi connectivity index (χ4v) is 1.68. The van der Waals surface area contributed by atoms with E-state index in [0.29, 0.717) is 17.2 Å². The van der Waals surface area contributed by atoms with E-state index in [-0.39, 0.29) is 12.5 Å². The minimum Gasteiger partial charge on any atom is -0.497 e. The van der Waals surface area contributed by atoms with Crippen LogP contribution in [0.4, 0.5) is 0 Å². The van der Waals surface area contributed by atoms with Crippen LogP contribution in [0, 0.1) is 0 Å². The first kappa shape index (κ1) is 12.8. The summed E-state index contributed by atoms with van der Waals surface area (Å²) in [6.45, 7) is 0. The van der Waals surface area contributed by atoms with E-state index in [9.17, 15) is 4.79 Å². The van der Waals surface area contributed by atoms with Gasteiger partial charge in [-0.25, -0.2) is 0 Å². The molecule has 0 saturated carbocycles. The Bertz CT molecular complexity index is 381. The van der Waals surface area contributed by atoms with Gasteiger partial charge in [0.1, 0.15) is 5.75 Å². The molecule has 0 spiro atoms. The van der Waals surface area contributed by atoms with E-state index >= 15 is 0 Å². The van der Waals surface area contributed by atoms with E-state index in [1.807, 2.05) is 0 Å². The average Bonchev–Trinajstić information content (AvgIpc) is 2.25. The molecule has 4 nitrogen and oxygen atoms in total. The molecule has 0 radical (unpaired) electrons. The van der Waals surface area contributed by atoms with E-state index in [1.165, 1.54) is 0 Å². The Balaban J connectivity index is 2.75. The van der Waals surface area contributed by atoms with Gasteiger partial charge in [0.15, 0.2) is 0 Å². The van der Waals surface area contributed by atoms with Gasteiger partial charge in [0.2, 0.25) is 0 Å². The van der Waals surface area contributed by atoms with Gasteiger partial charge in [-0.3, -0.25) is 4.79 Å². The van der Waals surface area contributed by atoms with Gasteiger partial charge in [0.25, 0.3) is 0 Å². The molecule has 0 amide bonds. The second kappa shape index (κ2) is 5.72. The number of hydrogen-bond acceptors (Lipinski definition) is 3. The lowest BCUT2D eigenvalue weighted by Gasteiger charge is -2.13. The maximum absolute atomic E-state index is 10.4. The second-order valence-corrected chi connectivity index (χ2v) is 3.83. The van der Waals surface area contributed by atoms with Crippen LogP contribution < -0.4 is 10.5 Å². The first-order chi connectivity index (χ1) is 7.54. The number of benzene rings is 1. The molecule has 1 atom stereocenters. The van der Waals surface area contributed by atoms with E-state index in [1.54, 1.807) is 25.3 Å². The Morgan fingerprint density at radius 1 is 1.62 bits per heavy atom. The Morgan fingerprint density at radius 2 is 2.31 bits per heavy atom. The number of halogens is 1. The summed E-state index contributed by atoms with van der Waals surface area (Å²) in [6.07, 6.45) is 0.394. The fourth-order valence-electron chi connectivity index (χ4n) is 1.37. The van der Waals surface area contributed by atoms with Gasteiger partial charge in [0, 0.05) is 17.5 Å². The molecule has 88 valence electrons. The molecule has 3 N–H and O–H groups in total. The van der Waals surface area contributed by atoms with Crippen molar-refractivity contribution in [2.45, 2.75) is 18.9 Å². The van der Waals surface area contributed by atoms with E-state index in [0.717, 1.165) is 5.56 Å². The van der Waals surface area contributed by atoms with Crippen LogP contribution in [0.5, 0.6) is 5.75 Å². The summed E-state index contributed by atoms with van der Waals surface area (Å²) in [5.74, 6) is -0.209. The van der Waals surface area contributed by atoms with Crippen LogP contribution in [-0.2, 0) is 4.79 Å². The molecule has 0 aliphatic rings. The molecule has 1 unspecified atom stereocenters. The fraction of sp³-hybridized carbons (Fsp3) is 0.364. The lowest BCUT2D eigenvalue weighted by atomic mass is 10.0. The quantitative estimate of drug-likeness (QED) is 0.832. The summed E-state index contributed by atoms with van der Waals surface area (Å²) in [6, 6.07) is 4.81. The van der Waals surface area contributed by atoms with E-state index < -0.39 is 5.97 Å². The van der Waals surface area contributed by atoms with Gasteiger partial charge < -0.3 is 15.6 Å². The van der Waals surface area contributed by atoms with Crippen LogP contribution in [0.1, 0.15) is 24.4 Å². The van der Waals surface area contributed by atoms with Crippen LogP contribution >= 0.6 is 11.6 Å². The maximum atomic E-state index is 10.4. The molecule has 0 aromatic heterocycles. The third-order valence-corrected chi connectivity index (χ3v) is 2.60. The number of hydrogen-bond donors (Lipinski definition) is 2. The molecule has 5 heteroatoms. The molecule has 1 aromatic carbocycles. The zero-order valence-electron chi connectivity index (χ0n) is 8.94. The first-order valence-corrected chi connectivity index (χ1v) is 5.23. The number of carbonyl (C=O) groups is 1. The smallest absolute Gasteiger partial charge is 0.303 e. The number of carboxylic acids is 1. The zero-order valence-corrected chi connectivity index (χ0v) is 9.70. The van der Waals surface area contributed by atoms with E-state index in [2.05, 4.69) is 0 Å². The highest BCUT2D eigenvalue weighted by Crippen LogP contribution is 2.28. The molecule has 0 saturated heterocycles. The van der Waals surface area contributed by atoms with Crippen molar-refractivity contribution in [3.8, 4) is 5.75 Å². The minimum absolute atomic E-state index is 0.0313. The molecule has 0 heterocycles. The summed E-state index contributed by atoms with van der Waals surface area (Å²) < 4.78 is 5.01. The lowest BCUT2D eigenvalue weighted by molar-refractivity contribution is -0.137. The topological polar surface area (TPSA) is 72.5 Å². The zero-order chi connectivity index (χ0) is 12.1. The van der Waals surface area contributed by atoms with Crippen molar-refractivity contribution in [2.24, 2.45) is 5.73 Å². The maximum Gasteiger partial charge on any atom is 0.303 e. The van der Waals surface area contributed by atoms with Gasteiger partial charge in [-0.1, -0.05) is 17.7 Å². The molecule has 1 aromatic rings. The van der Waals surface area contributed by atoms with Gasteiger partial charge in [-0.2, -0.15) is 0 Å².